The summed E-state index contributed by atoms with van der Waals surface area (Å²) >= 11 is 0. The Hall–Kier alpha value is -1.16. The minimum atomic E-state index is -0.751. The molecule has 4 nitrogen and oxygen atoms in total. The number of hydrogen-bond acceptors (Lipinski definition) is 4. The van der Waals surface area contributed by atoms with Crippen molar-refractivity contribution in [1.82, 2.24) is 0 Å². The third-order valence-corrected chi connectivity index (χ3v) is 3.57. The summed E-state index contributed by atoms with van der Waals surface area (Å²) in [5, 5.41) is 0. The van der Waals surface area contributed by atoms with Gasteiger partial charge in [0.1, 0.15) is 6.10 Å². The highest BCUT2D eigenvalue weighted by molar-refractivity contribution is 6.01. The summed E-state index contributed by atoms with van der Waals surface area (Å²) in [6.07, 6.45) is 3.50. The van der Waals surface area contributed by atoms with Gasteiger partial charge in [-0.05, 0) is 19.1 Å². The maximum absolute atomic E-state index is 11.5. The van der Waals surface area contributed by atoms with E-state index in [2.05, 4.69) is 0 Å². The van der Waals surface area contributed by atoms with E-state index in [1.807, 2.05) is 6.92 Å². The van der Waals surface area contributed by atoms with Gasteiger partial charge in [-0.2, -0.15) is 0 Å². The zero-order valence-electron chi connectivity index (χ0n) is 8.65. The number of fused-ring (bicyclic) bond motifs is 2. The predicted octanol–water partition coefficient (Wildman–Crippen LogP) is 0.605. The lowest BCUT2D eigenvalue weighted by Crippen LogP contribution is -2.42. The highest BCUT2D eigenvalue weighted by atomic mass is 16.7. The van der Waals surface area contributed by atoms with Crippen molar-refractivity contribution in [3.05, 3.63) is 12.2 Å². The Labute approximate surface area is 87.2 Å². The standard InChI is InChI=1S/C11H12O4/c1-6-5-11(14-8(6)13)4-3-7(12)10(2)9(11)15-10/h3-4,6,9H,5H2,1-2H3/t6-,9?,10?,11+/m1/s1. The Morgan fingerprint density at radius 1 is 1.47 bits per heavy atom. The summed E-state index contributed by atoms with van der Waals surface area (Å²) in [6.45, 7) is 3.59. The van der Waals surface area contributed by atoms with Gasteiger partial charge in [0.2, 0.25) is 0 Å². The van der Waals surface area contributed by atoms with Crippen molar-refractivity contribution < 1.29 is 19.1 Å². The molecule has 4 heteroatoms. The fourth-order valence-corrected chi connectivity index (χ4v) is 2.59. The number of carbonyl (C=O) groups excluding carboxylic acids is 2. The van der Waals surface area contributed by atoms with Gasteiger partial charge < -0.3 is 9.47 Å². The number of rotatable bonds is 0. The van der Waals surface area contributed by atoms with Gasteiger partial charge >= 0.3 is 5.97 Å². The summed E-state index contributed by atoms with van der Waals surface area (Å²) in [5.74, 6) is -0.350. The monoisotopic (exact) mass is 208 g/mol. The molecule has 2 saturated heterocycles. The van der Waals surface area contributed by atoms with Crippen molar-refractivity contribution in [3.8, 4) is 0 Å². The minimum Gasteiger partial charge on any atom is -0.452 e. The van der Waals surface area contributed by atoms with Crippen LogP contribution in [0.25, 0.3) is 0 Å². The molecular weight excluding hydrogens is 196 g/mol. The third-order valence-electron chi connectivity index (χ3n) is 3.57. The summed E-state index contributed by atoms with van der Waals surface area (Å²) < 4.78 is 10.8. The Kier molecular flexibility index (Phi) is 1.41. The van der Waals surface area contributed by atoms with Crippen LogP contribution in [-0.4, -0.2) is 29.1 Å². The van der Waals surface area contributed by atoms with Crippen LogP contribution < -0.4 is 0 Å². The van der Waals surface area contributed by atoms with Crippen molar-refractivity contribution in [2.45, 2.75) is 37.6 Å². The van der Waals surface area contributed by atoms with E-state index in [0.29, 0.717) is 6.42 Å². The second kappa shape index (κ2) is 2.32. The van der Waals surface area contributed by atoms with Crippen LogP contribution in [0.4, 0.5) is 0 Å². The lowest BCUT2D eigenvalue weighted by Gasteiger charge is -2.25. The van der Waals surface area contributed by atoms with Crippen molar-refractivity contribution >= 4 is 11.8 Å². The molecule has 3 aliphatic rings. The van der Waals surface area contributed by atoms with E-state index >= 15 is 0 Å². The molecular formula is C11H12O4. The minimum absolute atomic E-state index is 0.0336. The van der Waals surface area contributed by atoms with Gasteiger partial charge in [0, 0.05) is 6.42 Å². The molecule has 1 spiro atoms. The molecule has 0 aromatic heterocycles. The molecule has 0 bridgehead atoms. The molecule has 2 unspecified atom stereocenters. The number of hydrogen-bond donors (Lipinski definition) is 0. The predicted molar refractivity (Wildman–Crippen MR) is 50.0 cm³/mol. The number of epoxide rings is 1. The van der Waals surface area contributed by atoms with Crippen LogP contribution in [-0.2, 0) is 19.1 Å². The van der Waals surface area contributed by atoms with Crippen LogP contribution in [0.3, 0.4) is 0 Å². The van der Waals surface area contributed by atoms with Crippen LogP contribution in [0.1, 0.15) is 20.3 Å². The van der Waals surface area contributed by atoms with E-state index in [-0.39, 0.29) is 23.8 Å². The van der Waals surface area contributed by atoms with Gasteiger partial charge in [-0.15, -0.1) is 0 Å². The molecule has 3 rings (SSSR count). The molecule has 4 atom stereocenters. The third kappa shape index (κ3) is 0.951. The Bertz CT molecular complexity index is 399. The van der Waals surface area contributed by atoms with E-state index in [0.717, 1.165) is 0 Å². The molecule has 2 aliphatic heterocycles. The van der Waals surface area contributed by atoms with Crippen LogP contribution in [0.5, 0.6) is 0 Å². The lowest BCUT2D eigenvalue weighted by atomic mass is 9.80. The van der Waals surface area contributed by atoms with E-state index in [1.54, 1.807) is 13.0 Å². The summed E-state index contributed by atoms with van der Waals surface area (Å²) in [6, 6.07) is 0. The smallest absolute Gasteiger partial charge is 0.309 e. The highest BCUT2D eigenvalue weighted by Gasteiger charge is 2.71. The SMILES string of the molecule is C[C@@H]1C[C@]2(C=CC(=O)C3(C)OC32)OC1=O. The first-order chi connectivity index (χ1) is 6.98. The van der Waals surface area contributed by atoms with E-state index in [1.165, 1.54) is 6.08 Å². The first-order valence-corrected chi connectivity index (χ1v) is 5.12. The van der Waals surface area contributed by atoms with Gasteiger partial charge in [0.15, 0.2) is 17.0 Å². The zero-order chi connectivity index (χ0) is 10.8. The van der Waals surface area contributed by atoms with Gasteiger partial charge in [0.25, 0.3) is 0 Å². The Balaban J connectivity index is 2.00. The van der Waals surface area contributed by atoms with Gasteiger partial charge in [-0.25, -0.2) is 0 Å². The number of ketones is 1. The van der Waals surface area contributed by atoms with E-state index in [4.69, 9.17) is 9.47 Å². The Morgan fingerprint density at radius 3 is 2.80 bits per heavy atom. The van der Waals surface area contributed by atoms with Crippen LogP contribution in [0.15, 0.2) is 12.2 Å². The normalized spacial score (nSPS) is 51.9. The van der Waals surface area contributed by atoms with Crippen molar-refractivity contribution in [1.29, 1.82) is 0 Å². The van der Waals surface area contributed by atoms with Crippen molar-refractivity contribution in [3.63, 3.8) is 0 Å². The fourth-order valence-electron chi connectivity index (χ4n) is 2.59. The molecule has 2 heterocycles. The van der Waals surface area contributed by atoms with Crippen LogP contribution in [0.2, 0.25) is 0 Å². The molecule has 0 saturated carbocycles. The molecule has 0 amide bonds. The fraction of sp³-hybridized carbons (Fsp3) is 0.636. The zero-order valence-corrected chi connectivity index (χ0v) is 8.65. The molecule has 80 valence electrons. The number of ether oxygens (including phenoxy) is 2. The van der Waals surface area contributed by atoms with Crippen molar-refractivity contribution in [2.24, 2.45) is 5.92 Å². The average molecular weight is 208 g/mol. The molecule has 1 aliphatic carbocycles. The Morgan fingerprint density at radius 2 is 2.20 bits per heavy atom. The van der Waals surface area contributed by atoms with E-state index in [9.17, 15) is 9.59 Å². The number of esters is 1. The highest BCUT2D eigenvalue weighted by Crippen LogP contribution is 2.53. The first kappa shape index (κ1) is 9.09. The van der Waals surface area contributed by atoms with Gasteiger partial charge in [-0.1, -0.05) is 6.92 Å². The van der Waals surface area contributed by atoms with Crippen LogP contribution >= 0.6 is 0 Å². The molecule has 0 radical (unpaired) electrons. The first-order valence-electron chi connectivity index (χ1n) is 5.12. The summed E-state index contributed by atoms with van der Waals surface area (Å²) in [5.41, 5.74) is -1.43. The second-order valence-electron chi connectivity index (χ2n) is 4.78. The molecule has 0 N–H and O–H groups in total. The largest absolute Gasteiger partial charge is 0.452 e. The second-order valence-corrected chi connectivity index (χ2v) is 4.78. The number of carbonyl (C=O) groups is 2. The molecule has 2 fully saturated rings. The molecule has 15 heavy (non-hydrogen) atoms. The lowest BCUT2D eigenvalue weighted by molar-refractivity contribution is -0.148. The average Bonchev–Trinajstić information content (AvgIpc) is 2.80. The van der Waals surface area contributed by atoms with E-state index < -0.39 is 11.2 Å². The summed E-state index contributed by atoms with van der Waals surface area (Å²) in [7, 11) is 0. The van der Waals surface area contributed by atoms with Gasteiger partial charge in [0.05, 0.1) is 5.92 Å². The maximum atomic E-state index is 11.5. The topological polar surface area (TPSA) is 55.9 Å². The van der Waals surface area contributed by atoms with Gasteiger partial charge in [-0.3, -0.25) is 9.59 Å². The quantitative estimate of drug-likeness (QED) is 0.432. The molecule has 0 aromatic rings. The van der Waals surface area contributed by atoms with Crippen molar-refractivity contribution in [2.75, 3.05) is 0 Å². The summed E-state index contributed by atoms with van der Waals surface area (Å²) in [4.78, 5) is 22.9. The maximum Gasteiger partial charge on any atom is 0.309 e. The molecule has 0 aromatic carbocycles. The van der Waals surface area contributed by atoms with Crippen LogP contribution in [0, 0.1) is 5.92 Å².